The van der Waals surface area contributed by atoms with Gasteiger partial charge in [0.25, 0.3) is 0 Å². The Morgan fingerprint density at radius 2 is 1.92 bits per heavy atom. The van der Waals surface area contributed by atoms with Gasteiger partial charge in [0, 0.05) is 5.21 Å². The van der Waals surface area contributed by atoms with Gasteiger partial charge in [0.2, 0.25) is 0 Å². The van der Waals surface area contributed by atoms with E-state index in [1.165, 1.54) is 0 Å². The van der Waals surface area contributed by atoms with Crippen LogP contribution in [0.15, 0.2) is 0 Å². The normalized spacial score (nSPS) is 10.1. The van der Waals surface area contributed by atoms with Crippen molar-refractivity contribution in [3.63, 3.8) is 0 Å². The molecule has 1 aromatic heterocycles. The first-order valence-electron chi connectivity index (χ1n) is 2.47. The number of aromatic amines is 1. The highest BCUT2D eigenvalue weighted by atomic mass is 31.2. The fourth-order valence-corrected chi connectivity index (χ4v) is 0.232. The molecule has 12 heteroatoms. The molecule has 0 amide bonds. The van der Waals surface area contributed by atoms with Crippen LogP contribution in [-0.2, 0) is 4.57 Å². The van der Waals surface area contributed by atoms with Gasteiger partial charge in [0.15, 0.2) is 0 Å². The van der Waals surface area contributed by atoms with Crippen LogP contribution in [0.1, 0.15) is 0 Å². The van der Waals surface area contributed by atoms with E-state index in [1.807, 2.05) is 5.10 Å². The molecule has 0 aliphatic carbocycles. The second kappa shape index (κ2) is 4.57. The van der Waals surface area contributed by atoms with Gasteiger partial charge >= 0.3 is 13.8 Å². The van der Waals surface area contributed by atoms with Crippen molar-refractivity contribution in [3.8, 4) is 0 Å². The van der Waals surface area contributed by atoms with Crippen LogP contribution in [-0.4, -0.2) is 40.2 Å². The van der Waals surface area contributed by atoms with Crippen LogP contribution in [0.5, 0.6) is 0 Å². The van der Waals surface area contributed by atoms with Gasteiger partial charge in [-0.15, -0.1) is 5.10 Å². The Morgan fingerprint density at radius 3 is 2.08 bits per heavy atom. The summed E-state index contributed by atoms with van der Waals surface area (Å²) >= 11 is 0. The number of aromatic nitrogens is 4. The molecule has 74 valence electrons. The van der Waals surface area contributed by atoms with Gasteiger partial charge in [0.1, 0.15) is 0 Å². The highest BCUT2D eigenvalue weighted by molar-refractivity contribution is 7.45. The summed E-state index contributed by atoms with van der Waals surface area (Å²) < 4.78 is 8.88. The van der Waals surface area contributed by atoms with Crippen molar-refractivity contribution in [2.24, 2.45) is 0 Å². The van der Waals surface area contributed by atoms with E-state index in [0.717, 1.165) is 0 Å². The van der Waals surface area contributed by atoms with Crippen molar-refractivity contribution >= 4 is 13.8 Å². The minimum Gasteiger partial charge on any atom is -0.390 e. The third-order valence-corrected chi connectivity index (χ3v) is 0.507. The summed E-state index contributed by atoms with van der Waals surface area (Å²) in [6.07, 6.45) is 0. The van der Waals surface area contributed by atoms with E-state index < -0.39 is 18.7 Å². The van der Waals surface area contributed by atoms with Crippen molar-refractivity contribution in [2.75, 3.05) is 0 Å². The molecule has 1 rings (SSSR count). The second-order valence-electron chi connectivity index (χ2n) is 1.50. The highest BCUT2D eigenvalue weighted by Gasteiger charge is 2.05. The highest BCUT2D eigenvalue weighted by Crippen LogP contribution is 2.25. The van der Waals surface area contributed by atoms with E-state index in [1.54, 1.807) is 0 Å². The van der Waals surface area contributed by atoms with Gasteiger partial charge in [-0.1, -0.05) is 0 Å². The fourth-order valence-electron chi connectivity index (χ4n) is 0.232. The smallest absolute Gasteiger partial charge is 0.390 e. The van der Waals surface area contributed by atoms with Gasteiger partial charge in [-0.05, 0) is 4.92 Å². The zero-order valence-electron chi connectivity index (χ0n) is 5.80. The summed E-state index contributed by atoms with van der Waals surface area (Å²) in [5.41, 5.74) is 0. The number of nitrogens with zero attached hydrogens (tertiary/aromatic N) is 4. The lowest BCUT2D eigenvalue weighted by Crippen LogP contribution is -1.88. The third kappa shape index (κ3) is 8.49. The minimum absolute atomic E-state index is 0.440. The van der Waals surface area contributed by atoms with Crippen molar-refractivity contribution in [1.82, 2.24) is 20.6 Å². The zero-order chi connectivity index (χ0) is 10.5. The Kier molecular flexibility index (Phi) is 4.07. The minimum atomic E-state index is -4.64. The number of tetrazole rings is 1. The van der Waals surface area contributed by atoms with Gasteiger partial charge in [-0.25, -0.2) is 4.57 Å². The molecular formula is CH4N5O6P. The molecule has 0 saturated heterocycles. The molecule has 0 aliphatic heterocycles. The SMILES string of the molecule is O=P(O)(O)O.O=[N+]([O-])c1nnn[nH]1. The molecule has 0 saturated carbocycles. The van der Waals surface area contributed by atoms with Gasteiger partial charge in [-0.3, -0.25) is 0 Å². The number of hydrogen-bond donors (Lipinski definition) is 4. The molecule has 0 atom stereocenters. The molecule has 0 aromatic carbocycles. The maximum absolute atomic E-state index is 9.69. The Morgan fingerprint density at radius 1 is 1.46 bits per heavy atom. The van der Waals surface area contributed by atoms with E-state index in [4.69, 9.17) is 19.2 Å². The summed E-state index contributed by atoms with van der Waals surface area (Å²) in [6, 6.07) is 0. The number of hydrogen-bond acceptors (Lipinski definition) is 6. The molecule has 0 fully saturated rings. The first-order chi connectivity index (χ1) is 5.80. The lowest BCUT2D eigenvalue weighted by Gasteiger charge is -1.82. The quantitative estimate of drug-likeness (QED) is 0.237. The summed E-state index contributed by atoms with van der Waals surface area (Å²) in [5.74, 6) is -0.440. The number of nitrogens with one attached hydrogen (secondary N) is 1. The van der Waals surface area contributed by atoms with Gasteiger partial charge in [-0.2, -0.15) is 0 Å². The molecule has 0 unspecified atom stereocenters. The summed E-state index contributed by atoms with van der Waals surface area (Å²) in [5, 5.41) is 20.6. The van der Waals surface area contributed by atoms with Crippen LogP contribution >= 0.6 is 7.82 Å². The van der Waals surface area contributed by atoms with Crippen molar-refractivity contribution in [2.45, 2.75) is 0 Å². The number of phosphoric acid groups is 1. The fraction of sp³-hybridized carbons (Fsp3) is 0. The van der Waals surface area contributed by atoms with Crippen LogP contribution in [0, 0.1) is 10.1 Å². The average Bonchev–Trinajstić information content (AvgIpc) is 2.31. The molecule has 0 bridgehead atoms. The van der Waals surface area contributed by atoms with Crippen LogP contribution in [0.25, 0.3) is 0 Å². The largest absolute Gasteiger partial charge is 0.477 e. The Hall–Kier alpha value is -1.42. The monoisotopic (exact) mass is 213 g/mol. The molecule has 0 aliphatic rings. The van der Waals surface area contributed by atoms with Crippen molar-refractivity contribution in [1.29, 1.82) is 0 Å². The third-order valence-electron chi connectivity index (χ3n) is 0.507. The molecule has 1 aromatic rings. The van der Waals surface area contributed by atoms with Crippen LogP contribution in [0.2, 0.25) is 0 Å². The molecule has 4 N–H and O–H groups in total. The Bertz CT molecular complexity index is 293. The number of H-pyrrole nitrogens is 1. The molecular weight excluding hydrogens is 209 g/mol. The van der Waals surface area contributed by atoms with Gasteiger partial charge < -0.3 is 24.8 Å². The van der Waals surface area contributed by atoms with E-state index in [-0.39, 0.29) is 0 Å². The first-order valence-corrected chi connectivity index (χ1v) is 4.03. The van der Waals surface area contributed by atoms with E-state index in [9.17, 15) is 10.1 Å². The van der Waals surface area contributed by atoms with Crippen LogP contribution in [0.3, 0.4) is 0 Å². The second-order valence-corrected chi connectivity index (χ2v) is 2.52. The molecule has 11 nitrogen and oxygen atoms in total. The number of nitro groups is 1. The summed E-state index contributed by atoms with van der Waals surface area (Å²) in [7, 11) is -4.64. The van der Waals surface area contributed by atoms with E-state index in [0.29, 0.717) is 0 Å². The zero-order valence-corrected chi connectivity index (χ0v) is 6.70. The standard InChI is InChI=1S/CHN5O2.H3O4P/c7-6(8)1-2-4-5-3-1;1-5(2,3)4/h(H,2,3,4,5);(H3,1,2,3,4). The number of rotatable bonds is 1. The van der Waals surface area contributed by atoms with Crippen molar-refractivity contribution in [3.05, 3.63) is 10.1 Å². The van der Waals surface area contributed by atoms with Crippen LogP contribution < -0.4 is 0 Å². The van der Waals surface area contributed by atoms with E-state index in [2.05, 4.69) is 15.5 Å². The maximum atomic E-state index is 9.69. The summed E-state index contributed by atoms with van der Waals surface area (Å²) in [4.78, 5) is 30.5. The van der Waals surface area contributed by atoms with E-state index >= 15 is 0 Å². The predicted molar refractivity (Wildman–Crippen MR) is 35.1 cm³/mol. The molecule has 0 radical (unpaired) electrons. The van der Waals surface area contributed by atoms with Crippen LogP contribution in [0.4, 0.5) is 5.95 Å². The average molecular weight is 213 g/mol. The molecule has 1 heterocycles. The van der Waals surface area contributed by atoms with Crippen molar-refractivity contribution < 1.29 is 24.2 Å². The Balaban J connectivity index is 0.000000252. The molecule has 13 heavy (non-hydrogen) atoms. The lowest BCUT2D eigenvalue weighted by atomic mass is 11.1. The molecule has 0 spiro atoms. The Labute approximate surface area is 69.8 Å². The predicted octanol–water partition coefficient (Wildman–Crippen LogP) is -1.82. The topological polar surface area (TPSA) is 175 Å². The maximum Gasteiger partial charge on any atom is 0.477 e. The van der Waals surface area contributed by atoms with Gasteiger partial charge in [0.05, 0.1) is 10.3 Å². The first kappa shape index (κ1) is 11.6. The summed E-state index contributed by atoms with van der Waals surface area (Å²) in [6.45, 7) is 0. The lowest BCUT2D eigenvalue weighted by molar-refractivity contribution is -0.394.